The van der Waals surface area contributed by atoms with Crippen LogP contribution in [0.1, 0.15) is 33.1 Å². The van der Waals surface area contributed by atoms with Gasteiger partial charge in [-0.2, -0.15) is 0 Å². The van der Waals surface area contributed by atoms with Crippen molar-refractivity contribution in [3.05, 3.63) is 23.3 Å². The fourth-order valence-corrected chi connectivity index (χ4v) is 3.16. The van der Waals surface area contributed by atoms with Gasteiger partial charge in [-0.1, -0.05) is 17.7 Å². The number of allylic oxidation sites excluding steroid dienone is 4. The SMILES string of the molecule is COC(=O)[C@@]12CC=CCC(C1)C(C)=C(C(C)=O)C2=O. The van der Waals surface area contributed by atoms with Gasteiger partial charge in [-0.25, -0.2) is 0 Å². The lowest BCUT2D eigenvalue weighted by Gasteiger charge is -2.36. The van der Waals surface area contributed by atoms with Gasteiger partial charge in [-0.15, -0.1) is 0 Å². The number of Topliss-reactive ketones (excluding diaryl/α,β-unsaturated/α-hetero) is 2. The molecule has 4 nitrogen and oxygen atoms in total. The van der Waals surface area contributed by atoms with E-state index in [0.29, 0.717) is 12.8 Å². The van der Waals surface area contributed by atoms with E-state index in [-0.39, 0.29) is 23.1 Å². The van der Waals surface area contributed by atoms with Crippen LogP contribution in [0.25, 0.3) is 0 Å². The number of esters is 1. The van der Waals surface area contributed by atoms with Crippen molar-refractivity contribution >= 4 is 17.5 Å². The Hall–Kier alpha value is -1.71. The number of methoxy groups -OCH3 is 1. The standard InChI is InChI=1S/C15H18O4/c1-9-11-6-4-5-7-15(8-11,14(18)19-3)13(17)12(9)10(2)16/h4-5,11H,6-8H2,1-3H3/t11?,15-/m0/s1. The molecule has 0 aromatic heterocycles. The molecular weight excluding hydrogens is 244 g/mol. The highest BCUT2D eigenvalue weighted by Gasteiger charge is 2.53. The number of rotatable bonds is 2. The van der Waals surface area contributed by atoms with Gasteiger partial charge in [0.25, 0.3) is 0 Å². The van der Waals surface area contributed by atoms with Gasteiger partial charge in [-0.05, 0) is 39.0 Å². The monoisotopic (exact) mass is 262 g/mol. The average molecular weight is 262 g/mol. The Morgan fingerprint density at radius 2 is 2.05 bits per heavy atom. The summed E-state index contributed by atoms with van der Waals surface area (Å²) in [5.74, 6) is -1.09. The van der Waals surface area contributed by atoms with Crippen LogP contribution in [0.5, 0.6) is 0 Å². The molecule has 2 rings (SSSR count). The van der Waals surface area contributed by atoms with Crippen LogP contribution in [0.15, 0.2) is 23.3 Å². The van der Waals surface area contributed by atoms with Crippen LogP contribution in [0.4, 0.5) is 0 Å². The summed E-state index contributed by atoms with van der Waals surface area (Å²) in [6.45, 7) is 3.20. The van der Waals surface area contributed by atoms with Crippen molar-refractivity contribution in [2.24, 2.45) is 11.3 Å². The van der Waals surface area contributed by atoms with Gasteiger partial charge < -0.3 is 4.74 Å². The summed E-state index contributed by atoms with van der Waals surface area (Å²) in [4.78, 5) is 36.5. The van der Waals surface area contributed by atoms with Crippen LogP contribution >= 0.6 is 0 Å². The summed E-state index contributed by atoms with van der Waals surface area (Å²) in [6, 6.07) is 0. The summed E-state index contributed by atoms with van der Waals surface area (Å²) in [5.41, 5.74) is -0.193. The molecule has 2 atom stereocenters. The van der Waals surface area contributed by atoms with Crippen molar-refractivity contribution in [2.75, 3.05) is 7.11 Å². The zero-order chi connectivity index (χ0) is 14.2. The molecule has 2 aliphatic rings. The van der Waals surface area contributed by atoms with Crippen LogP contribution in [0, 0.1) is 11.3 Å². The number of fused-ring (bicyclic) bond motifs is 2. The fraction of sp³-hybridized carbons (Fsp3) is 0.533. The summed E-state index contributed by atoms with van der Waals surface area (Å²) in [5, 5.41) is 0. The highest BCUT2D eigenvalue weighted by atomic mass is 16.5. The topological polar surface area (TPSA) is 60.4 Å². The first-order valence-corrected chi connectivity index (χ1v) is 6.44. The van der Waals surface area contributed by atoms with Gasteiger partial charge in [0, 0.05) is 0 Å². The molecular formula is C15H18O4. The molecule has 1 unspecified atom stereocenters. The van der Waals surface area contributed by atoms with Gasteiger partial charge in [0.1, 0.15) is 5.41 Å². The lowest BCUT2D eigenvalue weighted by atomic mass is 9.64. The highest BCUT2D eigenvalue weighted by molar-refractivity contribution is 6.27. The molecule has 0 spiro atoms. The maximum Gasteiger partial charge on any atom is 0.320 e. The molecule has 0 aromatic rings. The maximum absolute atomic E-state index is 12.6. The Labute approximate surface area is 112 Å². The van der Waals surface area contributed by atoms with Crippen LogP contribution in [-0.2, 0) is 19.1 Å². The zero-order valence-corrected chi connectivity index (χ0v) is 11.5. The largest absolute Gasteiger partial charge is 0.468 e. The van der Waals surface area contributed by atoms with Crippen molar-refractivity contribution in [2.45, 2.75) is 33.1 Å². The van der Waals surface area contributed by atoms with E-state index >= 15 is 0 Å². The van der Waals surface area contributed by atoms with Crippen molar-refractivity contribution in [3.8, 4) is 0 Å². The van der Waals surface area contributed by atoms with Crippen molar-refractivity contribution in [3.63, 3.8) is 0 Å². The molecule has 19 heavy (non-hydrogen) atoms. The summed E-state index contributed by atoms with van der Waals surface area (Å²) in [6.07, 6.45) is 5.35. The Bertz CT molecular complexity index is 512. The number of ketones is 2. The van der Waals surface area contributed by atoms with E-state index in [1.54, 1.807) is 0 Å². The minimum absolute atomic E-state index is 0.0643. The molecule has 0 aromatic carbocycles. The normalized spacial score (nSPS) is 30.1. The second-order valence-corrected chi connectivity index (χ2v) is 5.33. The van der Waals surface area contributed by atoms with Crippen molar-refractivity contribution < 1.29 is 19.1 Å². The number of carbonyl (C=O) groups is 3. The Morgan fingerprint density at radius 3 is 2.63 bits per heavy atom. The van der Waals surface area contributed by atoms with Gasteiger partial charge in [0.2, 0.25) is 0 Å². The second kappa shape index (κ2) is 4.76. The minimum atomic E-state index is -1.20. The highest BCUT2D eigenvalue weighted by Crippen LogP contribution is 2.46. The van der Waals surface area contributed by atoms with E-state index in [9.17, 15) is 14.4 Å². The molecule has 4 heteroatoms. The third-order valence-corrected chi connectivity index (χ3v) is 4.25. The molecule has 0 saturated heterocycles. The minimum Gasteiger partial charge on any atom is -0.468 e. The first kappa shape index (κ1) is 13.7. The Morgan fingerprint density at radius 1 is 1.37 bits per heavy atom. The van der Waals surface area contributed by atoms with Gasteiger partial charge in [0.15, 0.2) is 11.6 Å². The first-order chi connectivity index (χ1) is 8.94. The number of hydrogen-bond acceptors (Lipinski definition) is 4. The maximum atomic E-state index is 12.6. The third kappa shape index (κ3) is 1.95. The van der Waals surface area contributed by atoms with E-state index < -0.39 is 11.4 Å². The third-order valence-electron chi connectivity index (χ3n) is 4.25. The number of ether oxygens (including phenoxy) is 1. The zero-order valence-electron chi connectivity index (χ0n) is 11.5. The predicted octanol–water partition coefficient (Wildman–Crippen LogP) is 1.99. The molecule has 0 saturated carbocycles. The molecule has 0 fully saturated rings. The molecule has 2 aliphatic carbocycles. The summed E-state index contributed by atoms with van der Waals surface area (Å²) < 4.78 is 4.83. The Balaban J connectivity index is 2.62. The average Bonchev–Trinajstić information content (AvgIpc) is 2.58. The first-order valence-electron chi connectivity index (χ1n) is 6.44. The van der Waals surface area contributed by atoms with E-state index in [4.69, 9.17) is 4.74 Å². The Kier molecular flexibility index (Phi) is 3.43. The molecule has 0 radical (unpaired) electrons. The molecule has 0 heterocycles. The number of carbonyl (C=O) groups excluding carboxylic acids is 3. The van der Waals surface area contributed by atoms with Gasteiger partial charge in [0.05, 0.1) is 12.7 Å². The lowest BCUT2D eigenvalue weighted by molar-refractivity contribution is -0.158. The smallest absolute Gasteiger partial charge is 0.320 e. The number of hydrogen-bond donors (Lipinski definition) is 0. The van der Waals surface area contributed by atoms with Crippen molar-refractivity contribution in [1.29, 1.82) is 0 Å². The second-order valence-electron chi connectivity index (χ2n) is 5.33. The lowest BCUT2D eigenvalue weighted by Crippen LogP contribution is -2.46. The summed E-state index contributed by atoms with van der Waals surface area (Å²) >= 11 is 0. The van der Waals surface area contributed by atoms with E-state index in [2.05, 4.69) is 0 Å². The van der Waals surface area contributed by atoms with Crippen LogP contribution in [0.2, 0.25) is 0 Å². The van der Waals surface area contributed by atoms with Crippen LogP contribution in [-0.4, -0.2) is 24.6 Å². The van der Waals surface area contributed by atoms with Gasteiger partial charge in [-0.3, -0.25) is 14.4 Å². The van der Waals surface area contributed by atoms with Crippen LogP contribution in [0.3, 0.4) is 0 Å². The molecule has 102 valence electrons. The molecule has 0 aliphatic heterocycles. The van der Waals surface area contributed by atoms with Crippen molar-refractivity contribution in [1.82, 2.24) is 0 Å². The van der Waals surface area contributed by atoms with E-state index in [0.717, 1.165) is 12.0 Å². The van der Waals surface area contributed by atoms with Crippen LogP contribution < -0.4 is 0 Å². The quantitative estimate of drug-likeness (QED) is 0.330. The molecule has 0 amide bonds. The molecule has 0 N–H and O–H groups in total. The summed E-state index contributed by atoms with van der Waals surface area (Å²) in [7, 11) is 1.28. The predicted molar refractivity (Wildman–Crippen MR) is 69.3 cm³/mol. The van der Waals surface area contributed by atoms with E-state index in [1.165, 1.54) is 14.0 Å². The van der Waals surface area contributed by atoms with E-state index in [1.807, 2.05) is 19.1 Å². The fourth-order valence-electron chi connectivity index (χ4n) is 3.16. The molecule has 2 bridgehead atoms. The van der Waals surface area contributed by atoms with Gasteiger partial charge >= 0.3 is 5.97 Å².